The van der Waals surface area contributed by atoms with E-state index in [0.29, 0.717) is 16.7 Å². The van der Waals surface area contributed by atoms with Crippen molar-refractivity contribution in [1.82, 2.24) is 20.2 Å². The molecular weight excluding hydrogens is 502 g/mol. The van der Waals surface area contributed by atoms with Crippen LogP contribution >= 0.6 is 27.7 Å². The first-order valence-electron chi connectivity index (χ1n) is 10.00. The largest absolute Gasteiger partial charge is 0.496 e. The molecule has 0 saturated heterocycles. The Morgan fingerprint density at radius 2 is 1.79 bits per heavy atom. The number of ether oxygens (including phenoxy) is 1. The zero-order valence-corrected chi connectivity index (χ0v) is 20.1. The van der Waals surface area contributed by atoms with Gasteiger partial charge >= 0.3 is 0 Å². The summed E-state index contributed by atoms with van der Waals surface area (Å²) in [5.41, 5.74) is 5.16. The molecule has 1 aromatic heterocycles. The third-order valence-corrected chi connectivity index (χ3v) is 6.07. The van der Waals surface area contributed by atoms with Crippen LogP contribution in [-0.4, -0.2) is 39.7 Å². The Kier molecular flexibility index (Phi) is 7.54. The number of benzene rings is 3. The van der Waals surface area contributed by atoms with Gasteiger partial charge in [0.15, 0.2) is 11.0 Å². The summed E-state index contributed by atoms with van der Waals surface area (Å²) in [6, 6.07) is 25.1. The van der Waals surface area contributed by atoms with Crippen molar-refractivity contribution in [3.8, 4) is 22.8 Å². The van der Waals surface area contributed by atoms with Crippen molar-refractivity contribution in [1.29, 1.82) is 0 Å². The molecule has 1 heterocycles. The number of amides is 1. The van der Waals surface area contributed by atoms with Crippen LogP contribution in [0.25, 0.3) is 17.1 Å². The molecule has 0 radical (unpaired) electrons. The number of para-hydroxylation sites is 1. The molecule has 0 fully saturated rings. The van der Waals surface area contributed by atoms with E-state index in [0.717, 1.165) is 21.3 Å². The number of hydrogen-bond acceptors (Lipinski definition) is 6. The normalized spacial score (nSPS) is 11.0. The number of nitrogens with one attached hydrogen (secondary N) is 1. The maximum Gasteiger partial charge on any atom is 0.250 e. The number of carbonyl (C=O) groups excluding carboxylic acids is 1. The molecule has 0 atom stereocenters. The molecule has 7 nitrogen and oxygen atoms in total. The Bertz CT molecular complexity index is 1260. The summed E-state index contributed by atoms with van der Waals surface area (Å²) in [7, 11) is 1.59. The minimum atomic E-state index is -0.252. The molecule has 4 rings (SSSR count). The minimum absolute atomic E-state index is 0.132. The molecule has 0 aliphatic heterocycles. The molecule has 0 unspecified atom stereocenters. The second-order valence-corrected chi connectivity index (χ2v) is 8.67. The molecule has 0 bridgehead atoms. The van der Waals surface area contributed by atoms with Crippen LogP contribution in [0.15, 0.2) is 93.6 Å². The lowest BCUT2D eigenvalue weighted by Gasteiger charge is -2.10. The molecule has 0 spiro atoms. The summed E-state index contributed by atoms with van der Waals surface area (Å²) in [6.45, 7) is 0. The van der Waals surface area contributed by atoms with Crippen LogP contribution in [-0.2, 0) is 4.79 Å². The number of thioether (sulfide) groups is 1. The van der Waals surface area contributed by atoms with Crippen LogP contribution in [0.2, 0.25) is 0 Å². The van der Waals surface area contributed by atoms with Crippen molar-refractivity contribution >= 4 is 39.8 Å². The molecule has 3 aromatic carbocycles. The van der Waals surface area contributed by atoms with Crippen LogP contribution in [0.4, 0.5) is 0 Å². The Balaban J connectivity index is 1.50. The number of hydrazone groups is 1. The van der Waals surface area contributed by atoms with E-state index in [4.69, 9.17) is 4.74 Å². The number of nitrogens with zero attached hydrogens (tertiary/aromatic N) is 4. The summed E-state index contributed by atoms with van der Waals surface area (Å²) in [5.74, 6) is 1.26. The van der Waals surface area contributed by atoms with Gasteiger partial charge in [0, 0.05) is 21.3 Å². The molecule has 166 valence electrons. The molecule has 9 heteroatoms. The first kappa shape index (κ1) is 22.8. The lowest BCUT2D eigenvalue weighted by molar-refractivity contribution is -0.118. The number of rotatable bonds is 8. The second-order valence-electron chi connectivity index (χ2n) is 6.81. The molecule has 1 amide bonds. The van der Waals surface area contributed by atoms with E-state index in [1.807, 2.05) is 83.4 Å². The summed E-state index contributed by atoms with van der Waals surface area (Å²) >= 11 is 4.76. The van der Waals surface area contributed by atoms with Crippen molar-refractivity contribution in [3.05, 3.63) is 88.9 Å². The maximum absolute atomic E-state index is 12.4. The van der Waals surface area contributed by atoms with Crippen molar-refractivity contribution in [2.75, 3.05) is 12.9 Å². The van der Waals surface area contributed by atoms with Crippen molar-refractivity contribution < 1.29 is 9.53 Å². The van der Waals surface area contributed by atoms with Crippen molar-refractivity contribution in [3.63, 3.8) is 0 Å². The Hall–Kier alpha value is -3.43. The van der Waals surface area contributed by atoms with E-state index in [1.165, 1.54) is 11.8 Å². The zero-order chi connectivity index (χ0) is 23.0. The van der Waals surface area contributed by atoms with E-state index in [1.54, 1.807) is 13.3 Å². The van der Waals surface area contributed by atoms with Gasteiger partial charge in [0.1, 0.15) is 5.75 Å². The molecule has 0 saturated carbocycles. The number of halogens is 1. The molecule has 0 aliphatic rings. The van der Waals surface area contributed by atoms with E-state index < -0.39 is 0 Å². The predicted molar refractivity (Wildman–Crippen MR) is 134 cm³/mol. The van der Waals surface area contributed by atoms with Crippen LogP contribution in [0.3, 0.4) is 0 Å². The van der Waals surface area contributed by atoms with E-state index in [2.05, 4.69) is 36.7 Å². The fourth-order valence-corrected chi connectivity index (χ4v) is 4.08. The highest BCUT2D eigenvalue weighted by molar-refractivity contribution is 9.10. The van der Waals surface area contributed by atoms with E-state index in [9.17, 15) is 4.79 Å². The van der Waals surface area contributed by atoms with Gasteiger partial charge in [0.05, 0.1) is 19.1 Å². The van der Waals surface area contributed by atoms with Gasteiger partial charge < -0.3 is 4.74 Å². The van der Waals surface area contributed by atoms with Crippen LogP contribution in [0, 0.1) is 0 Å². The fourth-order valence-electron chi connectivity index (χ4n) is 3.07. The van der Waals surface area contributed by atoms with Gasteiger partial charge in [-0.05, 0) is 36.4 Å². The third-order valence-electron chi connectivity index (χ3n) is 4.61. The number of hydrogen-bond donors (Lipinski definition) is 1. The number of carbonyl (C=O) groups is 1. The topological polar surface area (TPSA) is 81.4 Å². The van der Waals surface area contributed by atoms with Crippen LogP contribution in [0.5, 0.6) is 5.75 Å². The monoisotopic (exact) mass is 521 g/mol. The zero-order valence-electron chi connectivity index (χ0n) is 17.7. The summed E-state index contributed by atoms with van der Waals surface area (Å²) in [5, 5.41) is 13.4. The van der Waals surface area contributed by atoms with Gasteiger partial charge in [-0.15, -0.1) is 10.2 Å². The lowest BCUT2D eigenvalue weighted by Crippen LogP contribution is -2.20. The van der Waals surface area contributed by atoms with E-state index >= 15 is 0 Å². The smallest absolute Gasteiger partial charge is 0.250 e. The van der Waals surface area contributed by atoms with Gasteiger partial charge in [-0.2, -0.15) is 5.10 Å². The third kappa shape index (κ3) is 5.68. The fraction of sp³-hybridized carbons (Fsp3) is 0.0833. The van der Waals surface area contributed by atoms with Crippen LogP contribution < -0.4 is 10.2 Å². The molecular formula is C24H20BrN5O2S. The van der Waals surface area contributed by atoms with Gasteiger partial charge in [-0.1, -0.05) is 70.2 Å². The Morgan fingerprint density at radius 3 is 2.55 bits per heavy atom. The van der Waals surface area contributed by atoms with Crippen LogP contribution in [0.1, 0.15) is 5.56 Å². The van der Waals surface area contributed by atoms with Gasteiger partial charge in [0.25, 0.3) is 5.91 Å². The number of methoxy groups -OCH3 is 1. The molecule has 4 aromatic rings. The van der Waals surface area contributed by atoms with E-state index in [-0.39, 0.29) is 11.7 Å². The standard InChI is InChI=1S/C24H20BrN5O2S/c1-32-21-10-6-5-9-18(21)15-26-27-22(31)16-33-24-29-28-23(17-7-3-2-4-8-17)30(24)20-13-11-19(25)12-14-20/h2-15H,16H2,1H3,(H,27,31). The van der Waals surface area contributed by atoms with Gasteiger partial charge in [-0.25, -0.2) is 5.43 Å². The summed E-state index contributed by atoms with van der Waals surface area (Å²) < 4.78 is 8.20. The van der Waals surface area contributed by atoms with Gasteiger partial charge in [0.2, 0.25) is 0 Å². The predicted octanol–water partition coefficient (Wildman–Crippen LogP) is 4.95. The SMILES string of the molecule is COc1ccccc1C=NNC(=O)CSc1nnc(-c2ccccc2)n1-c1ccc(Br)cc1. The highest BCUT2D eigenvalue weighted by atomic mass is 79.9. The van der Waals surface area contributed by atoms with Crippen molar-refractivity contribution in [2.24, 2.45) is 5.10 Å². The average Bonchev–Trinajstić information content (AvgIpc) is 3.28. The first-order valence-corrected chi connectivity index (χ1v) is 11.8. The first-order chi connectivity index (χ1) is 16.2. The molecule has 33 heavy (non-hydrogen) atoms. The molecule has 1 N–H and O–H groups in total. The molecule has 0 aliphatic carbocycles. The Labute approximate surface area is 204 Å². The quantitative estimate of drug-likeness (QED) is 0.201. The Morgan fingerprint density at radius 1 is 1.06 bits per heavy atom. The average molecular weight is 522 g/mol. The minimum Gasteiger partial charge on any atom is -0.496 e. The second kappa shape index (κ2) is 10.9. The lowest BCUT2D eigenvalue weighted by atomic mass is 10.2. The van der Waals surface area contributed by atoms with Gasteiger partial charge in [-0.3, -0.25) is 9.36 Å². The summed E-state index contributed by atoms with van der Waals surface area (Å²) in [6.07, 6.45) is 1.55. The maximum atomic E-state index is 12.4. The highest BCUT2D eigenvalue weighted by Gasteiger charge is 2.17. The van der Waals surface area contributed by atoms with Crippen molar-refractivity contribution in [2.45, 2.75) is 5.16 Å². The summed E-state index contributed by atoms with van der Waals surface area (Å²) in [4.78, 5) is 12.4. The highest BCUT2D eigenvalue weighted by Crippen LogP contribution is 2.28. The number of aromatic nitrogens is 3.